The SMILES string of the molecule is CNC1CC(c2ccc(S(=O)(=O)CC(F)F)cc2)C1C. The number of rotatable bonds is 5. The Morgan fingerprint density at radius 3 is 2.35 bits per heavy atom. The first-order valence-electron chi connectivity index (χ1n) is 6.63. The monoisotopic (exact) mass is 303 g/mol. The highest BCUT2D eigenvalue weighted by Crippen LogP contribution is 2.42. The van der Waals surface area contributed by atoms with Crippen molar-refractivity contribution < 1.29 is 17.2 Å². The third-order valence-electron chi connectivity index (χ3n) is 4.16. The van der Waals surface area contributed by atoms with E-state index in [1.54, 1.807) is 12.1 Å². The van der Waals surface area contributed by atoms with Gasteiger partial charge < -0.3 is 5.32 Å². The predicted molar refractivity (Wildman–Crippen MR) is 73.9 cm³/mol. The normalized spacial score (nSPS) is 26.6. The quantitative estimate of drug-likeness (QED) is 0.909. The molecule has 0 amide bonds. The van der Waals surface area contributed by atoms with Crippen molar-refractivity contribution in [2.24, 2.45) is 5.92 Å². The van der Waals surface area contributed by atoms with Crippen LogP contribution in [0.1, 0.15) is 24.8 Å². The molecule has 6 heteroatoms. The Morgan fingerprint density at radius 2 is 1.90 bits per heavy atom. The van der Waals surface area contributed by atoms with Gasteiger partial charge in [0.05, 0.1) is 4.90 Å². The highest BCUT2D eigenvalue weighted by atomic mass is 32.2. The van der Waals surface area contributed by atoms with Crippen LogP contribution in [0.25, 0.3) is 0 Å². The van der Waals surface area contributed by atoms with Crippen molar-refractivity contribution in [3.63, 3.8) is 0 Å². The first-order valence-corrected chi connectivity index (χ1v) is 8.28. The number of hydrogen-bond acceptors (Lipinski definition) is 3. The van der Waals surface area contributed by atoms with Crippen LogP contribution < -0.4 is 5.32 Å². The molecule has 3 unspecified atom stereocenters. The third-order valence-corrected chi connectivity index (χ3v) is 5.84. The molecule has 1 N–H and O–H groups in total. The summed E-state index contributed by atoms with van der Waals surface area (Å²) < 4.78 is 47.8. The van der Waals surface area contributed by atoms with Crippen LogP contribution in [-0.2, 0) is 9.84 Å². The lowest BCUT2D eigenvalue weighted by Gasteiger charge is -2.43. The molecule has 3 nitrogen and oxygen atoms in total. The molecule has 2 rings (SSSR count). The average molecular weight is 303 g/mol. The summed E-state index contributed by atoms with van der Waals surface area (Å²) in [5.74, 6) is -0.226. The molecular weight excluding hydrogens is 284 g/mol. The van der Waals surface area contributed by atoms with E-state index in [4.69, 9.17) is 0 Å². The minimum atomic E-state index is -3.88. The fraction of sp³-hybridized carbons (Fsp3) is 0.571. The van der Waals surface area contributed by atoms with E-state index >= 15 is 0 Å². The van der Waals surface area contributed by atoms with Crippen molar-refractivity contribution in [1.29, 1.82) is 0 Å². The summed E-state index contributed by atoms with van der Waals surface area (Å²) in [5, 5.41) is 3.23. The molecular formula is C14H19F2NO2S. The zero-order valence-corrected chi connectivity index (χ0v) is 12.3. The molecule has 1 saturated carbocycles. The third kappa shape index (κ3) is 3.01. The molecule has 0 aliphatic heterocycles. The van der Waals surface area contributed by atoms with Crippen LogP contribution in [0.3, 0.4) is 0 Å². The minimum Gasteiger partial charge on any atom is -0.317 e. The molecule has 0 saturated heterocycles. The Labute approximate surface area is 118 Å². The van der Waals surface area contributed by atoms with Gasteiger partial charge in [-0.05, 0) is 43.0 Å². The van der Waals surface area contributed by atoms with Gasteiger partial charge in [0.2, 0.25) is 0 Å². The van der Waals surface area contributed by atoms with E-state index in [1.165, 1.54) is 12.1 Å². The second-order valence-corrected chi connectivity index (χ2v) is 7.37. The first-order chi connectivity index (χ1) is 9.35. The van der Waals surface area contributed by atoms with Gasteiger partial charge in [-0.15, -0.1) is 0 Å². The van der Waals surface area contributed by atoms with E-state index in [9.17, 15) is 17.2 Å². The smallest absolute Gasteiger partial charge is 0.252 e. The standard InChI is InChI=1S/C14H19F2NO2S/c1-9-12(7-13(9)17-2)10-3-5-11(6-4-10)20(18,19)8-14(15)16/h3-6,9,12-14,17H,7-8H2,1-2H3. The van der Waals surface area contributed by atoms with Gasteiger partial charge in [-0.1, -0.05) is 19.1 Å². The van der Waals surface area contributed by atoms with E-state index in [-0.39, 0.29) is 4.90 Å². The first kappa shape index (κ1) is 15.4. The lowest BCUT2D eigenvalue weighted by molar-refractivity contribution is 0.174. The largest absolute Gasteiger partial charge is 0.317 e. The number of hydrogen-bond donors (Lipinski definition) is 1. The van der Waals surface area contributed by atoms with Gasteiger partial charge >= 0.3 is 0 Å². The fourth-order valence-corrected chi connectivity index (χ4v) is 3.87. The summed E-state index contributed by atoms with van der Waals surface area (Å²) in [4.78, 5) is -0.0290. The van der Waals surface area contributed by atoms with Crippen LogP contribution >= 0.6 is 0 Å². The highest BCUT2D eigenvalue weighted by molar-refractivity contribution is 7.91. The van der Waals surface area contributed by atoms with Crippen LogP contribution in [-0.4, -0.2) is 33.7 Å². The topological polar surface area (TPSA) is 46.2 Å². The maximum Gasteiger partial charge on any atom is 0.252 e. The molecule has 0 spiro atoms. The predicted octanol–water partition coefficient (Wildman–Crippen LogP) is 2.44. The van der Waals surface area contributed by atoms with Gasteiger partial charge in [0.25, 0.3) is 6.43 Å². The number of nitrogens with one attached hydrogen (secondary N) is 1. The summed E-state index contributed by atoms with van der Waals surface area (Å²) in [6, 6.07) is 6.85. The maximum atomic E-state index is 12.2. The lowest BCUT2D eigenvalue weighted by Crippen LogP contribution is -2.46. The van der Waals surface area contributed by atoms with Gasteiger partial charge in [-0.3, -0.25) is 0 Å². The Morgan fingerprint density at radius 1 is 1.30 bits per heavy atom. The number of benzene rings is 1. The summed E-state index contributed by atoms with van der Waals surface area (Å²) in [7, 11) is -1.95. The molecule has 1 fully saturated rings. The van der Waals surface area contributed by atoms with E-state index in [0.717, 1.165) is 12.0 Å². The minimum absolute atomic E-state index is 0.0290. The zero-order valence-electron chi connectivity index (χ0n) is 11.5. The van der Waals surface area contributed by atoms with Crippen molar-refractivity contribution in [3.05, 3.63) is 29.8 Å². The van der Waals surface area contributed by atoms with E-state index in [1.807, 2.05) is 7.05 Å². The Bertz CT molecular complexity index is 557. The van der Waals surface area contributed by atoms with Crippen LogP contribution in [0, 0.1) is 5.92 Å². The Hall–Kier alpha value is -1.01. The second kappa shape index (κ2) is 5.77. The molecule has 3 atom stereocenters. The Balaban J connectivity index is 2.12. The number of sulfone groups is 1. The number of alkyl halides is 2. The average Bonchev–Trinajstić information content (AvgIpc) is 2.37. The fourth-order valence-electron chi connectivity index (χ4n) is 2.79. The van der Waals surface area contributed by atoms with Crippen molar-refractivity contribution in [2.45, 2.75) is 36.6 Å². The molecule has 1 aliphatic carbocycles. The molecule has 1 aromatic rings. The summed E-state index contributed by atoms with van der Waals surface area (Å²) in [5.41, 5.74) is 1.07. The van der Waals surface area contributed by atoms with Crippen molar-refractivity contribution in [3.8, 4) is 0 Å². The molecule has 112 valence electrons. The molecule has 0 radical (unpaired) electrons. The van der Waals surface area contributed by atoms with Crippen LogP contribution in [0.4, 0.5) is 8.78 Å². The molecule has 0 bridgehead atoms. The maximum absolute atomic E-state index is 12.2. The van der Waals surface area contributed by atoms with Gasteiger partial charge in [-0.2, -0.15) is 0 Å². The van der Waals surface area contributed by atoms with Gasteiger partial charge in [0.1, 0.15) is 5.75 Å². The van der Waals surface area contributed by atoms with E-state index in [2.05, 4.69) is 12.2 Å². The molecule has 1 aliphatic rings. The molecule has 1 aromatic carbocycles. The molecule has 20 heavy (non-hydrogen) atoms. The van der Waals surface area contributed by atoms with Gasteiger partial charge in [0.15, 0.2) is 9.84 Å². The summed E-state index contributed by atoms with van der Waals surface area (Å²) in [6.07, 6.45) is -1.83. The van der Waals surface area contributed by atoms with Crippen LogP contribution in [0.2, 0.25) is 0 Å². The second-order valence-electron chi connectivity index (χ2n) is 5.34. The molecule has 0 heterocycles. The van der Waals surface area contributed by atoms with Crippen LogP contribution in [0.15, 0.2) is 29.2 Å². The molecule has 0 aromatic heterocycles. The van der Waals surface area contributed by atoms with Gasteiger partial charge in [0, 0.05) is 6.04 Å². The Kier molecular flexibility index (Phi) is 4.44. The van der Waals surface area contributed by atoms with E-state index < -0.39 is 22.0 Å². The van der Waals surface area contributed by atoms with Crippen molar-refractivity contribution in [2.75, 3.05) is 12.8 Å². The van der Waals surface area contributed by atoms with Crippen LogP contribution in [0.5, 0.6) is 0 Å². The summed E-state index contributed by atoms with van der Waals surface area (Å²) in [6.45, 7) is 2.15. The highest BCUT2D eigenvalue weighted by Gasteiger charge is 2.37. The van der Waals surface area contributed by atoms with Crippen molar-refractivity contribution >= 4 is 9.84 Å². The van der Waals surface area contributed by atoms with Crippen molar-refractivity contribution in [1.82, 2.24) is 5.32 Å². The van der Waals surface area contributed by atoms with Gasteiger partial charge in [-0.25, -0.2) is 17.2 Å². The lowest BCUT2D eigenvalue weighted by atomic mass is 9.67. The number of halogens is 2. The van der Waals surface area contributed by atoms with E-state index in [0.29, 0.717) is 17.9 Å². The summed E-state index contributed by atoms with van der Waals surface area (Å²) >= 11 is 0. The zero-order chi connectivity index (χ0) is 14.9.